The van der Waals surface area contributed by atoms with E-state index in [1.165, 1.54) is 11.1 Å². The summed E-state index contributed by atoms with van der Waals surface area (Å²) < 4.78 is 0. The number of hydrogen-bond acceptors (Lipinski definition) is 3. The van der Waals surface area contributed by atoms with Crippen molar-refractivity contribution in [2.75, 3.05) is 32.7 Å². The number of hydrogen-bond donors (Lipinski definition) is 2. The fraction of sp³-hybridized carbons (Fsp3) is 0.500. The van der Waals surface area contributed by atoms with Gasteiger partial charge in [0.2, 0.25) is 0 Å². The normalized spacial score (nSPS) is 19.4. The van der Waals surface area contributed by atoms with Crippen molar-refractivity contribution >= 4 is 5.91 Å². The minimum atomic E-state index is 0.179. The van der Waals surface area contributed by atoms with Gasteiger partial charge >= 0.3 is 0 Å². The van der Waals surface area contributed by atoms with E-state index in [0.717, 1.165) is 51.3 Å². The van der Waals surface area contributed by atoms with Gasteiger partial charge in [0, 0.05) is 38.3 Å². The maximum atomic E-state index is 12.4. The third-order valence-electron chi connectivity index (χ3n) is 3.74. The standard InChI is InChI=1S/C14H19N3O/c18-14(17-7-5-15-6-8-17)12-1-2-13-10-16-4-3-11(13)9-12/h1-2,9,15-16H,3-8,10H2. The molecular weight excluding hydrogens is 226 g/mol. The van der Waals surface area contributed by atoms with Crippen LogP contribution in [0.2, 0.25) is 0 Å². The van der Waals surface area contributed by atoms with E-state index in [1.54, 1.807) is 0 Å². The third-order valence-corrected chi connectivity index (χ3v) is 3.74. The summed E-state index contributed by atoms with van der Waals surface area (Å²) in [5.74, 6) is 0.179. The fourth-order valence-corrected chi connectivity index (χ4v) is 2.66. The van der Waals surface area contributed by atoms with Gasteiger partial charge in [0.1, 0.15) is 0 Å². The van der Waals surface area contributed by atoms with Gasteiger partial charge in [-0.3, -0.25) is 4.79 Å². The fourth-order valence-electron chi connectivity index (χ4n) is 2.66. The van der Waals surface area contributed by atoms with Crippen LogP contribution in [0.25, 0.3) is 0 Å². The highest BCUT2D eigenvalue weighted by Gasteiger charge is 2.19. The second kappa shape index (κ2) is 5.08. The molecule has 4 heteroatoms. The van der Waals surface area contributed by atoms with Crippen molar-refractivity contribution in [2.45, 2.75) is 13.0 Å². The highest BCUT2D eigenvalue weighted by Crippen LogP contribution is 2.17. The third kappa shape index (κ3) is 2.26. The minimum absolute atomic E-state index is 0.179. The van der Waals surface area contributed by atoms with Crippen molar-refractivity contribution in [3.05, 3.63) is 34.9 Å². The molecule has 1 fully saturated rings. The molecule has 2 N–H and O–H groups in total. The summed E-state index contributed by atoms with van der Waals surface area (Å²) in [5, 5.41) is 6.62. The number of nitrogens with zero attached hydrogens (tertiary/aromatic N) is 1. The number of amides is 1. The quantitative estimate of drug-likeness (QED) is 0.752. The molecule has 2 heterocycles. The van der Waals surface area contributed by atoms with Gasteiger partial charge in [-0.05, 0) is 36.2 Å². The summed E-state index contributed by atoms with van der Waals surface area (Å²) in [4.78, 5) is 14.3. The van der Waals surface area contributed by atoms with Crippen LogP contribution in [0.3, 0.4) is 0 Å². The Morgan fingerprint density at radius 3 is 2.72 bits per heavy atom. The molecule has 4 nitrogen and oxygen atoms in total. The summed E-state index contributed by atoms with van der Waals surface area (Å²) in [6.45, 7) is 5.38. The average Bonchev–Trinajstić information content (AvgIpc) is 2.47. The Kier molecular flexibility index (Phi) is 3.30. The van der Waals surface area contributed by atoms with Crippen LogP contribution in [0, 0.1) is 0 Å². The summed E-state index contributed by atoms with van der Waals surface area (Å²) in [7, 11) is 0. The van der Waals surface area contributed by atoms with E-state index in [2.05, 4.69) is 22.8 Å². The zero-order valence-electron chi connectivity index (χ0n) is 10.5. The van der Waals surface area contributed by atoms with E-state index in [0.29, 0.717) is 0 Å². The second-order valence-corrected chi connectivity index (χ2v) is 4.95. The maximum Gasteiger partial charge on any atom is 0.253 e. The molecule has 96 valence electrons. The molecule has 0 aliphatic carbocycles. The average molecular weight is 245 g/mol. The first-order valence-electron chi connectivity index (χ1n) is 6.67. The summed E-state index contributed by atoms with van der Waals surface area (Å²) in [6, 6.07) is 6.15. The number of nitrogens with one attached hydrogen (secondary N) is 2. The van der Waals surface area contributed by atoms with E-state index >= 15 is 0 Å². The zero-order valence-corrected chi connectivity index (χ0v) is 10.5. The molecule has 2 aliphatic heterocycles. The minimum Gasteiger partial charge on any atom is -0.336 e. The Bertz CT molecular complexity index is 452. The lowest BCUT2D eigenvalue weighted by Gasteiger charge is -2.28. The molecule has 0 bridgehead atoms. The van der Waals surface area contributed by atoms with Gasteiger partial charge < -0.3 is 15.5 Å². The van der Waals surface area contributed by atoms with Gasteiger partial charge in [-0.15, -0.1) is 0 Å². The highest BCUT2D eigenvalue weighted by molar-refractivity contribution is 5.94. The Balaban J connectivity index is 1.80. The molecule has 1 aromatic carbocycles. The Hall–Kier alpha value is -1.39. The first-order chi connectivity index (χ1) is 8.84. The lowest BCUT2D eigenvalue weighted by Crippen LogP contribution is -2.46. The van der Waals surface area contributed by atoms with Gasteiger partial charge in [0.15, 0.2) is 0 Å². The molecule has 3 rings (SSSR count). The van der Waals surface area contributed by atoms with Crippen molar-refractivity contribution in [1.29, 1.82) is 0 Å². The SMILES string of the molecule is O=C(c1ccc2c(c1)CCNC2)N1CCNCC1. The van der Waals surface area contributed by atoms with Crippen LogP contribution < -0.4 is 10.6 Å². The van der Waals surface area contributed by atoms with E-state index < -0.39 is 0 Å². The lowest BCUT2D eigenvalue weighted by atomic mass is 9.98. The van der Waals surface area contributed by atoms with Gasteiger partial charge in [0.05, 0.1) is 0 Å². The summed E-state index contributed by atoms with van der Waals surface area (Å²) in [5.41, 5.74) is 3.50. The first-order valence-corrected chi connectivity index (χ1v) is 6.67. The van der Waals surface area contributed by atoms with Gasteiger partial charge in [-0.25, -0.2) is 0 Å². The molecule has 1 saturated heterocycles. The number of benzene rings is 1. The predicted molar refractivity (Wildman–Crippen MR) is 70.6 cm³/mol. The van der Waals surface area contributed by atoms with Gasteiger partial charge in [-0.1, -0.05) is 6.07 Å². The lowest BCUT2D eigenvalue weighted by molar-refractivity contribution is 0.0735. The predicted octanol–water partition coefficient (Wildman–Crippen LogP) is 0.378. The van der Waals surface area contributed by atoms with Crippen LogP contribution in [0.5, 0.6) is 0 Å². The van der Waals surface area contributed by atoms with Crippen molar-refractivity contribution in [3.63, 3.8) is 0 Å². The largest absolute Gasteiger partial charge is 0.336 e. The molecular formula is C14H19N3O. The number of piperazine rings is 1. The zero-order chi connectivity index (χ0) is 12.4. The Labute approximate surface area is 107 Å². The molecule has 2 aliphatic rings. The summed E-state index contributed by atoms with van der Waals surface area (Å²) >= 11 is 0. The monoisotopic (exact) mass is 245 g/mol. The van der Waals surface area contributed by atoms with E-state index in [4.69, 9.17) is 0 Å². The van der Waals surface area contributed by atoms with Gasteiger partial charge in [0.25, 0.3) is 5.91 Å². The van der Waals surface area contributed by atoms with Gasteiger partial charge in [-0.2, -0.15) is 0 Å². The number of fused-ring (bicyclic) bond motifs is 1. The Morgan fingerprint density at radius 1 is 1.06 bits per heavy atom. The van der Waals surface area contributed by atoms with Crippen LogP contribution in [0.1, 0.15) is 21.5 Å². The smallest absolute Gasteiger partial charge is 0.253 e. The van der Waals surface area contributed by atoms with Crippen LogP contribution >= 0.6 is 0 Å². The topological polar surface area (TPSA) is 44.4 Å². The first kappa shape index (κ1) is 11.7. The molecule has 0 aromatic heterocycles. The van der Waals surface area contributed by atoms with E-state index in [-0.39, 0.29) is 5.91 Å². The molecule has 0 atom stereocenters. The maximum absolute atomic E-state index is 12.4. The van der Waals surface area contributed by atoms with Crippen molar-refractivity contribution in [1.82, 2.24) is 15.5 Å². The number of rotatable bonds is 1. The number of carbonyl (C=O) groups is 1. The molecule has 0 unspecified atom stereocenters. The second-order valence-electron chi connectivity index (χ2n) is 4.95. The summed E-state index contributed by atoms with van der Waals surface area (Å²) in [6.07, 6.45) is 1.03. The van der Waals surface area contributed by atoms with Crippen LogP contribution in [0.4, 0.5) is 0 Å². The van der Waals surface area contributed by atoms with Crippen LogP contribution in [-0.4, -0.2) is 43.5 Å². The molecule has 1 aromatic rings. The molecule has 18 heavy (non-hydrogen) atoms. The van der Waals surface area contributed by atoms with Crippen molar-refractivity contribution in [3.8, 4) is 0 Å². The molecule has 1 amide bonds. The van der Waals surface area contributed by atoms with Crippen LogP contribution in [-0.2, 0) is 13.0 Å². The molecule has 0 spiro atoms. The number of carbonyl (C=O) groups excluding carboxylic acids is 1. The highest BCUT2D eigenvalue weighted by atomic mass is 16.2. The molecule has 0 radical (unpaired) electrons. The Morgan fingerprint density at radius 2 is 1.89 bits per heavy atom. The van der Waals surface area contributed by atoms with Crippen molar-refractivity contribution < 1.29 is 4.79 Å². The van der Waals surface area contributed by atoms with E-state index in [9.17, 15) is 4.79 Å². The molecule has 0 saturated carbocycles. The van der Waals surface area contributed by atoms with E-state index in [1.807, 2.05) is 11.0 Å². The van der Waals surface area contributed by atoms with Crippen molar-refractivity contribution in [2.24, 2.45) is 0 Å². The van der Waals surface area contributed by atoms with Crippen LogP contribution in [0.15, 0.2) is 18.2 Å².